The van der Waals surface area contributed by atoms with Gasteiger partial charge in [-0.1, -0.05) is 29.8 Å². The number of hydrogen-bond acceptors (Lipinski definition) is 2. The van der Waals surface area contributed by atoms with Gasteiger partial charge in [-0.25, -0.2) is 0 Å². The van der Waals surface area contributed by atoms with Crippen molar-refractivity contribution < 1.29 is 9.53 Å². The van der Waals surface area contributed by atoms with E-state index in [4.69, 9.17) is 16.3 Å². The number of carbonyl (C=O) groups excluding carboxylic acids is 1. The fourth-order valence-electron chi connectivity index (χ4n) is 1.95. The van der Waals surface area contributed by atoms with Crippen LogP contribution in [-0.4, -0.2) is 31.0 Å². The lowest BCUT2D eigenvalue weighted by Crippen LogP contribution is -2.31. The number of carbonyl (C=O) groups is 1. The van der Waals surface area contributed by atoms with Gasteiger partial charge in [0.25, 0.3) is 5.91 Å². The summed E-state index contributed by atoms with van der Waals surface area (Å²) in [4.78, 5) is 14.0. The third-order valence-electron chi connectivity index (χ3n) is 3.23. The fourth-order valence-corrected chi connectivity index (χ4v) is 2.08. The standard InChI is InChI=1S/C17H18ClNO2/c1-13-5-3-4-6-16(13)17(20)19(2)11-12-21-15-9-7-14(18)8-10-15/h3-10H,11-12H2,1-2H3. The van der Waals surface area contributed by atoms with E-state index in [-0.39, 0.29) is 5.91 Å². The monoisotopic (exact) mass is 303 g/mol. The number of halogens is 1. The quantitative estimate of drug-likeness (QED) is 0.841. The van der Waals surface area contributed by atoms with Crippen LogP contribution >= 0.6 is 11.6 Å². The van der Waals surface area contributed by atoms with Crippen LogP contribution in [0.1, 0.15) is 15.9 Å². The second-order valence-corrected chi connectivity index (χ2v) is 5.28. The number of hydrogen-bond donors (Lipinski definition) is 0. The first kappa shape index (κ1) is 15.4. The molecule has 110 valence electrons. The van der Waals surface area contributed by atoms with Gasteiger partial charge in [0.15, 0.2) is 0 Å². The van der Waals surface area contributed by atoms with E-state index in [1.165, 1.54) is 0 Å². The maximum Gasteiger partial charge on any atom is 0.253 e. The third-order valence-corrected chi connectivity index (χ3v) is 3.48. The number of likely N-dealkylation sites (N-methyl/N-ethyl adjacent to an activating group) is 1. The Morgan fingerprint density at radius 2 is 1.81 bits per heavy atom. The molecule has 0 fully saturated rings. The highest BCUT2D eigenvalue weighted by Gasteiger charge is 2.13. The molecule has 0 aliphatic rings. The zero-order valence-electron chi connectivity index (χ0n) is 12.2. The van der Waals surface area contributed by atoms with Gasteiger partial charge in [0.05, 0.1) is 6.54 Å². The van der Waals surface area contributed by atoms with Gasteiger partial charge in [-0.05, 0) is 42.8 Å². The molecule has 0 heterocycles. The molecular formula is C17H18ClNO2. The van der Waals surface area contributed by atoms with Gasteiger partial charge in [0.1, 0.15) is 12.4 Å². The van der Waals surface area contributed by atoms with Gasteiger partial charge in [0, 0.05) is 17.6 Å². The van der Waals surface area contributed by atoms with Crippen molar-refractivity contribution in [2.75, 3.05) is 20.2 Å². The molecule has 0 atom stereocenters. The molecule has 2 aromatic rings. The van der Waals surface area contributed by atoms with Crippen LogP contribution in [-0.2, 0) is 0 Å². The molecule has 1 amide bonds. The van der Waals surface area contributed by atoms with Crippen molar-refractivity contribution in [3.8, 4) is 5.75 Å². The second-order valence-electron chi connectivity index (χ2n) is 4.84. The minimum Gasteiger partial charge on any atom is -0.492 e. The van der Waals surface area contributed by atoms with E-state index >= 15 is 0 Å². The Bertz CT molecular complexity index is 610. The lowest BCUT2D eigenvalue weighted by molar-refractivity contribution is 0.0773. The Morgan fingerprint density at radius 3 is 2.48 bits per heavy atom. The van der Waals surface area contributed by atoms with Crippen LogP contribution in [0.15, 0.2) is 48.5 Å². The molecule has 0 N–H and O–H groups in total. The maximum atomic E-state index is 12.3. The summed E-state index contributed by atoms with van der Waals surface area (Å²) < 4.78 is 5.60. The lowest BCUT2D eigenvalue weighted by atomic mass is 10.1. The molecule has 21 heavy (non-hydrogen) atoms. The molecule has 0 radical (unpaired) electrons. The summed E-state index contributed by atoms with van der Waals surface area (Å²) in [6.45, 7) is 2.90. The maximum absolute atomic E-state index is 12.3. The minimum absolute atomic E-state index is 0.00723. The summed E-state index contributed by atoms with van der Waals surface area (Å²) in [6, 6.07) is 14.8. The highest BCUT2D eigenvalue weighted by atomic mass is 35.5. The predicted molar refractivity (Wildman–Crippen MR) is 85.1 cm³/mol. The summed E-state index contributed by atoms with van der Waals surface area (Å²) in [6.07, 6.45) is 0. The fraction of sp³-hybridized carbons (Fsp3) is 0.235. The first-order valence-electron chi connectivity index (χ1n) is 6.77. The topological polar surface area (TPSA) is 29.5 Å². The Kier molecular flexibility index (Phi) is 5.23. The average molecular weight is 304 g/mol. The van der Waals surface area contributed by atoms with Gasteiger partial charge in [-0.15, -0.1) is 0 Å². The lowest BCUT2D eigenvalue weighted by Gasteiger charge is -2.18. The van der Waals surface area contributed by atoms with Crippen molar-refractivity contribution in [1.29, 1.82) is 0 Å². The van der Waals surface area contributed by atoms with Gasteiger partial charge in [0.2, 0.25) is 0 Å². The van der Waals surface area contributed by atoms with Crippen molar-refractivity contribution >= 4 is 17.5 Å². The van der Waals surface area contributed by atoms with E-state index in [0.717, 1.165) is 16.9 Å². The Balaban J connectivity index is 1.87. The summed E-state index contributed by atoms with van der Waals surface area (Å²) in [5, 5.41) is 0.675. The summed E-state index contributed by atoms with van der Waals surface area (Å²) >= 11 is 5.81. The molecule has 0 aromatic heterocycles. The first-order chi connectivity index (χ1) is 10.1. The van der Waals surface area contributed by atoms with E-state index in [0.29, 0.717) is 18.2 Å². The minimum atomic E-state index is 0.00723. The normalized spacial score (nSPS) is 10.2. The Hall–Kier alpha value is -2.00. The highest BCUT2D eigenvalue weighted by molar-refractivity contribution is 6.30. The number of benzene rings is 2. The SMILES string of the molecule is Cc1ccccc1C(=O)N(C)CCOc1ccc(Cl)cc1. The summed E-state index contributed by atoms with van der Waals surface area (Å²) in [7, 11) is 1.78. The van der Waals surface area contributed by atoms with Crippen LogP contribution in [0.5, 0.6) is 5.75 Å². The molecule has 2 rings (SSSR count). The molecule has 0 saturated carbocycles. The van der Waals surface area contributed by atoms with Crippen LogP contribution in [0.2, 0.25) is 5.02 Å². The number of amides is 1. The number of rotatable bonds is 5. The van der Waals surface area contributed by atoms with Crippen LogP contribution in [0.3, 0.4) is 0 Å². The largest absolute Gasteiger partial charge is 0.492 e. The molecule has 0 unspecified atom stereocenters. The zero-order chi connectivity index (χ0) is 15.2. The van der Waals surface area contributed by atoms with Gasteiger partial charge < -0.3 is 9.64 Å². The van der Waals surface area contributed by atoms with E-state index in [1.54, 1.807) is 24.1 Å². The van der Waals surface area contributed by atoms with E-state index in [9.17, 15) is 4.79 Å². The second kappa shape index (κ2) is 7.14. The Labute approximate surface area is 130 Å². The molecule has 0 aliphatic heterocycles. The van der Waals surface area contributed by atoms with Crippen molar-refractivity contribution in [3.05, 3.63) is 64.7 Å². The van der Waals surface area contributed by atoms with Gasteiger partial charge in [-0.2, -0.15) is 0 Å². The average Bonchev–Trinajstić information content (AvgIpc) is 2.49. The van der Waals surface area contributed by atoms with Crippen molar-refractivity contribution in [2.45, 2.75) is 6.92 Å². The molecule has 3 nitrogen and oxygen atoms in total. The Morgan fingerprint density at radius 1 is 1.14 bits per heavy atom. The smallest absolute Gasteiger partial charge is 0.253 e. The van der Waals surface area contributed by atoms with Crippen LogP contribution in [0, 0.1) is 6.92 Å². The zero-order valence-corrected chi connectivity index (χ0v) is 12.9. The van der Waals surface area contributed by atoms with Crippen LogP contribution < -0.4 is 4.74 Å². The van der Waals surface area contributed by atoms with E-state index in [2.05, 4.69) is 0 Å². The molecule has 0 aliphatic carbocycles. The third kappa shape index (κ3) is 4.23. The van der Waals surface area contributed by atoms with Gasteiger partial charge in [-0.3, -0.25) is 4.79 Å². The van der Waals surface area contributed by atoms with Crippen molar-refractivity contribution in [3.63, 3.8) is 0 Å². The predicted octanol–water partition coefficient (Wildman–Crippen LogP) is 3.80. The number of aryl methyl sites for hydroxylation is 1. The van der Waals surface area contributed by atoms with Crippen LogP contribution in [0.4, 0.5) is 0 Å². The van der Waals surface area contributed by atoms with Crippen LogP contribution in [0.25, 0.3) is 0 Å². The highest BCUT2D eigenvalue weighted by Crippen LogP contribution is 2.15. The first-order valence-corrected chi connectivity index (χ1v) is 7.15. The summed E-state index contributed by atoms with van der Waals surface area (Å²) in [5.41, 5.74) is 1.71. The molecule has 4 heteroatoms. The number of ether oxygens (including phenoxy) is 1. The summed E-state index contributed by atoms with van der Waals surface area (Å²) in [5.74, 6) is 0.754. The van der Waals surface area contributed by atoms with Crippen molar-refractivity contribution in [2.24, 2.45) is 0 Å². The molecule has 0 spiro atoms. The van der Waals surface area contributed by atoms with Gasteiger partial charge >= 0.3 is 0 Å². The van der Waals surface area contributed by atoms with E-state index < -0.39 is 0 Å². The van der Waals surface area contributed by atoms with E-state index in [1.807, 2.05) is 43.3 Å². The molecule has 0 bridgehead atoms. The number of nitrogens with zero attached hydrogens (tertiary/aromatic N) is 1. The molecule has 2 aromatic carbocycles. The molecular weight excluding hydrogens is 286 g/mol. The van der Waals surface area contributed by atoms with Crippen molar-refractivity contribution in [1.82, 2.24) is 4.90 Å². The molecule has 0 saturated heterocycles.